The Morgan fingerprint density at radius 3 is 2.33 bits per heavy atom. The van der Waals surface area contributed by atoms with E-state index in [0.717, 1.165) is 5.56 Å². The topological polar surface area (TPSA) is 17.1 Å². The minimum atomic E-state index is -0.330. The summed E-state index contributed by atoms with van der Waals surface area (Å²) in [6.07, 6.45) is 0.186. The lowest BCUT2D eigenvalue weighted by atomic mass is 10.0. The number of hydrogen-bond donors (Lipinski definition) is 0. The van der Waals surface area contributed by atoms with Crippen LogP contribution >= 0.6 is 0 Å². The Balaban J connectivity index is 2.16. The lowest BCUT2D eigenvalue weighted by molar-refractivity contribution is 0.0993. The van der Waals surface area contributed by atoms with Crippen LogP contribution in [0.4, 0.5) is 8.78 Å². The fourth-order valence-corrected chi connectivity index (χ4v) is 1.71. The van der Waals surface area contributed by atoms with E-state index in [4.69, 9.17) is 0 Å². The summed E-state index contributed by atoms with van der Waals surface area (Å²) in [6.45, 7) is 1.62. The molecule has 0 radical (unpaired) electrons. The van der Waals surface area contributed by atoms with Gasteiger partial charge in [-0.1, -0.05) is 12.1 Å². The number of hydrogen-bond acceptors (Lipinski definition) is 1. The number of carbonyl (C=O) groups excluding carboxylic acids is 1. The minimum Gasteiger partial charge on any atom is -0.294 e. The van der Waals surface area contributed by atoms with Crippen LogP contribution in [0, 0.1) is 18.6 Å². The summed E-state index contributed by atoms with van der Waals surface area (Å²) in [4.78, 5) is 11.9. The van der Waals surface area contributed by atoms with Crippen molar-refractivity contribution >= 4 is 5.78 Å². The largest absolute Gasteiger partial charge is 0.294 e. The highest BCUT2D eigenvalue weighted by Crippen LogP contribution is 2.12. The Kier molecular flexibility index (Phi) is 3.51. The van der Waals surface area contributed by atoms with Gasteiger partial charge in [0.2, 0.25) is 0 Å². The van der Waals surface area contributed by atoms with Crippen LogP contribution in [0.2, 0.25) is 0 Å². The first-order valence-corrected chi connectivity index (χ1v) is 5.60. The van der Waals surface area contributed by atoms with Gasteiger partial charge in [-0.3, -0.25) is 4.79 Å². The quantitative estimate of drug-likeness (QED) is 0.755. The molecule has 0 fully saturated rings. The molecule has 3 heteroatoms. The van der Waals surface area contributed by atoms with E-state index in [1.807, 2.05) is 0 Å². The molecule has 92 valence electrons. The van der Waals surface area contributed by atoms with Crippen LogP contribution in [0.3, 0.4) is 0 Å². The number of rotatable bonds is 3. The van der Waals surface area contributed by atoms with Crippen molar-refractivity contribution < 1.29 is 13.6 Å². The van der Waals surface area contributed by atoms with Gasteiger partial charge < -0.3 is 0 Å². The standard InChI is InChI=1S/C15H12F2O/c1-10-8-12(4-7-14(10)17)15(18)9-11-2-5-13(16)6-3-11/h2-8H,9H2,1H3. The molecule has 0 N–H and O–H groups in total. The van der Waals surface area contributed by atoms with E-state index >= 15 is 0 Å². The van der Waals surface area contributed by atoms with Crippen LogP contribution < -0.4 is 0 Å². The molecule has 1 nitrogen and oxygen atoms in total. The Labute approximate surface area is 104 Å². The van der Waals surface area contributed by atoms with E-state index in [-0.39, 0.29) is 23.8 Å². The number of carbonyl (C=O) groups is 1. The number of halogens is 2. The van der Waals surface area contributed by atoms with Crippen LogP contribution in [0.25, 0.3) is 0 Å². The zero-order valence-corrected chi connectivity index (χ0v) is 9.91. The second-order valence-electron chi connectivity index (χ2n) is 4.19. The summed E-state index contributed by atoms with van der Waals surface area (Å²) < 4.78 is 25.8. The molecular formula is C15H12F2O. The maximum absolute atomic E-state index is 13.1. The second-order valence-corrected chi connectivity index (χ2v) is 4.19. The smallest absolute Gasteiger partial charge is 0.167 e. The van der Waals surface area contributed by atoms with Gasteiger partial charge in [-0.25, -0.2) is 8.78 Å². The van der Waals surface area contributed by atoms with Crippen LogP contribution in [-0.2, 0) is 6.42 Å². The van der Waals surface area contributed by atoms with Gasteiger partial charge in [0, 0.05) is 12.0 Å². The molecule has 0 amide bonds. The maximum Gasteiger partial charge on any atom is 0.167 e. The van der Waals surface area contributed by atoms with Crippen molar-refractivity contribution in [3.63, 3.8) is 0 Å². The van der Waals surface area contributed by atoms with Gasteiger partial charge in [0.25, 0.3) is 0 Å². The second kappa shape index (κ2) is 5.08. The van der Waals surface area contributed by atoms with Crippen LogP contribution in [0.15, 0.2) is 42.5 Å². The van der Waals surface area contributed by atoms with Crippen molar-refractivity contribution in [3.05, 3.63) is 70.8 Å². The zero-order chi connectivity index (χ0) is 13.1. The van der Waals surface area contributed by atoms with Gasteiger partial charge in [-0.15, -0.1) is 0 Å². The summed E-state index contributed by atoms with van der Waals surface area (Å²) in [7, 11) is 0. The van der Waals surface area contributed by atoms with Crippen LogP contribution in [-0.4, -0.2) is 5.78 Å². The number of Topliss-reactive ketones (excluding diaryl/α,β-unsaturated/α-hetero) is 1. The predicted octanol–water partition coefficient (Wildman–Crippen LogP) is 3.70. The van der Waals surface area contributed by atoms with Crippen LogP contribution in [0.5, 0.6) is 0 Å². The Morgan fingerprint density at radius 1 is 1.06 bits per heavy atom. The monoisotopic (exact) mass is 246 g/mol. The molecule has 0 spiro atoms. The Hall–Kier alpha value is -2.03. The van der Waals surface area contributed by atoms with Gasteiger partial charge in [-0.05, 0) is 48.4 Å². The van der Waals surface area contributed by atoms with Gasteiger partial charge in [0.1, 0.15) is 11.6 Å². The third-order valence-electron chi connectivity index (χ3n) is 2.76. The summed E-state index contributed by atoms with van der Waals surface area (Å²) in [5, 5.41) is 0. The van der Waals surface area contributed by atoms with Crippen molar-refractivity contribution in [1.29, 1.82) is 0 Å². The van der Waals surface area contributed by atoms with Gasteiger partial charge in [0.05, 0.1) is 0 Å². The van der Waals surface area contributed by atoms with Crippen molar-refractivity contribution in [2.24, 2.45) is 0 Å². The summed E-state index contributed by atoms with van der Waals surface area (Å²) in [6, 6.07) is 10.1. The molecular weight excluding hydrogens is 234 g/mol. The molecule has 2 aromatic rings. The van der Waals surface area contributed by atoms with Crippen molar-refractivity contribution in [3.8, 4) is 0 Å². The molecule has 0 bridgehead atoms. The average Bonchev–Trinajstić information content (AvgIpc) is 2.35. The molecule has 0 saturated carbocycles. The lowest BCUT2D eigenvalue weighted by Gasteiger charge is -2.03. The van der Waals surface area contributed by atoms with E-state index in [2.05, 4.69) is 0 Å². The van der Waals surface area contributed by atoms with Crippen molar-refractivity contribution in [2.45, 2.75) is 13.3 Å². The molecule has 2 aromatic carbocycles. The third-order valence-corrected chi connectivity index (χ3v) is 2.76. The highest BCUT2D eigenvalue weighted by atomic mass is 19.1. The summed E-state index contributed by atoms with van der Waals surface area (Å²) in [5.41, 5.74) is 1.65. The molecule has 0 aliphatic carbocycles. The first kappa shape index (κ1) is 12.4. The van der Waals surface area contributed by atoms with Crippen molar-refractivity contribution in [2.75, 3.05) is 0 Å². The van der Waals surface area contributed by atoms with E-state index in [1.54, 1.807) is 19.1 Å². The van der Waals surface area contributed by atoms with Crippen molar-refractivity contribution in [1.82, 2.24) is 0 Å². The fraction of sp³-hybridized carbons (Fsp3) is 0.133. The first-order chi connectivity index (χ1) is 8.56. The van der Waals surface area contributed by atoms with E-state index < -0.39 is 0 Å². The molecule has 18 heavy (non-hydrogen) atoms. The van der Waals surface area contributed by atoms with E-state index in [1.165, 1.54) is 30.3 Å². The summed E-state index contributed by atoms with van der Waals surface area (Å²) in [5.74, 6) is -0.762. The molecule has 0 saturated heterocycles. The SMILES string of the molecule is Cc1cc(C(=O)Cc2ccc(F)cc2)ccc1F. The highest BCUT2D eigenvalue weighted by Gasteiger charge is 2.09. The van der Waals surface area contributed by atoms with E-state index in [0.29, 0.717) is 11.1 Å². The van der Waals surface area contributed by atoms with Gasteiger partial charge >= 0.3 is 0 Å². The predicted molar refractivity (Wildman–Crippen MR) is 65.6 cm³/mol. The van der Waals surface area contributed by atoms with E-state index in [9.17, 15) is 13.6 Å². The molecule has 0 atom stereocenters. The zero-order valence-electron chi connectivity index (χ0n) is 9.91. The minimum absolute atomic E-state index is 0.107. The van der Waals surface area contributed by atoms with Gasteiger partial charge in [0.15, 0.2) is 5.78 Å². The Morgan fingerprint density at radius 2 is 1.72 bits per heavy atom. The maximum atomic E-state index is 13.1. The molecule has 0 unspecified atom stereocenters. The highest BCUT2D eigenvalue weighted by molar-refractivity contribution is 5.97. The van der Waals surface area contributed by atoms with Gasteiger partial charge in [-0.2, -0.15) is 0 Å². The number of ketones is 1. The number of aryl methyl sites for hydroxylation is 1. The lowest BCUT2D eigenvalue weighted by Crippen LogP contribution is -2.04. The van der Waals surface area contributed by atoms with Crippen LogP contribution in [0.1, 0.15) is 21.5 Å². The fourth-order valence-electron chi connectivity index (χ4n) is 1.71. The summed E-state index contributed by atoms with van der Waals surface area (Å²) >= 11 is 0. The number of benzene rings is 2. The molecule has 2 rings (SSSR count). The molecule has 0 aliphatic rings. The molecule has 0 aliphatic heterocycles. The Bertz CT molecular complexity index is 574. The first-order valence-electron chi connectivity index (χ1n) is 5.60. The normalized spacial score (nSPS) is 10.4. The average molecular weight is 246 g/mol. The molecule has 0 heterocycles. The third kappa shape index (κ3) is 2.80. The molecule has 0 aromatic heterocycles.